The fourth-order valence-electron chi connectivity index (χ4n) is 1.47. The van der Waals surface area contributed by atoms with E-state index in [1.807, 2.05) is 5.32 Å². The minimum Gasteiger partial charge on any atom is -0.481 e. The van der Waals surface area contributed by atoms with Crippen molar-refractivity contribution < 1.29 is 39.3 Å². The van der Waals surface area contributed by atoms with Gasteiger partial charge in [0.25, 0.3) is 0 Å². The van der Waals surface area contributed by atoms with Crippen LogP contribution in [0.4, 0.5) is 0 Å². The number of hydrogen-bond donors (Lipinski definition) is 8. The minimum absolute atomic E-state index is 0.246. The van der Waals surface area contributed by atoms with E-state index < -0.39 is 67.4 Å². The molecule has 0 rings (SSSR count). The van der Waals surface area contributed by atoms with Crippen molar-refractivity contribution in [3.8, 4) is 0 Å². The summed E-state index contributed by atoms with van der Waals surface area (Å²) in [6, 6.07) is -4.17. The summed E-state index contributed by atoms with van der Waals surface area (Å²) >= 11 is 3.74. The van der Waals surface area contributed by atoms with Gasteiger partial charge in [0.2, 0.25) is 17.7 Å². The number of carbonyl (C=O) groups is 5. The van der Waals surface area contributed by atoms with Gasteiger partial charge >= 0.3 is 11.9 Å². The molecule has 25 heavy (non-hydrogen) atoms. The van der Waals surface area contributed by atoms with Gasteiger partial charge in [-0.15, -0.1) is 0 Å². The zero-order valence-corrected chi connectivity index (χ0v) is 13.9. The van der Waals surface area contributed by atoms with Gasteiger partial charge in [-0.3, -0.25) is 19.2 Å². The Morgan fingerprint density at radius 2 is 1.60 bits per heavy atom. The average molecular weight is 380 g/mol. The Bertz CT molecular complexity index is 529. The first-order valence-corrected chi connectivity index (χ1v) is 7.54. The van der Waals surface area contributed by atoms with E-state index in [0.717, 1.165) is 0 Å². The standard InChI is InChI=1S/C12H20N4O8S/c13-5(3-17)10(21)14-2-8(18)15-6(1-9(19)20)11(22)16-7(4-25)12(23)24/h5-7,17,25H,1-4,13H2,(H,14,21)(H,15,18)(H,16,22)(H,19,20)(H,23,24). The van der Waals surface area contributed by atoms with E-state index in [-0.39, 0.29) is 5.75 Å². The van der Waals surface area contributed by atoms with Gasteiger partial charge in [0.1, 0.15) is 18.1 Å². The third kappa shape index (κ3) is 8.88. The van der Waals surface area contributed by atoms with Gasteiger partial charge in [-0.05, 0) is 0 Å². The topological polar surface area (TPSA) is 208 Å². The second-order valence-electron chi connectivity index (χ2n) is 4.81. The van der Waals surface area contributed by atoms with Gasteiger partial charge in [0, 0.05) is 5.75 Å². The highest BCUT2D eigenvalue weighted by Crippen LogP contribution is 1.97. The van der Waals surface area contributed by atoms with Gasteiger partial charge in [-0.1, -0.05) is 0 Å². The summed E-state index contributed by atoms with van der Waals surface area (Å²) in [5.74, 6) is -5.80. The van der Waals surface area contributed by atoms with Gasteiger partial charge in [0.05, 0.1) is 19.6 Å². The van der Waals surface area contributed by atoms with Crippen molar-refractivity contribution in [2.45, 2.75) is 24.5 Å². The second kappa shape index (κ2) is 11.2. The number of aliphatic hydroxyl groups is 1. The number of aliphatic hydroxyl groups excluding tert-OH is 1. The Labute approximate surface area is 147 Å². The smallest absolute Gasteiger partial charge is 0.327 e. The Hall–Kier alpha value is -2.38. The molecule has 0 aliphatic rings. The summed E-state index contributed by atoms with van der Waals surface area (Å²) in [5.41, 5.74) is 5.22. The van der Waals surface area contributed by atoms with Crippen LogP contribution in [-0.4, -0.2) is 82.0 Å². The third-order valence-corrected chi connectivity index (χ3v) is 3.15. The quantitative estimate of drug-likeness (QED) is 0.163. The SMILES string of the molecule is NC(CO)C(=O)NCC(=O)NC(CC(=O)O)C(=O)NC(CS)C(=O)O. The minimum atomic E-state index is -1.56. The first kappa shape index (κ1) is 22.6. The molecular formula is C12H20N4O8S. The molecule has 0 radical (unpaired) electrons. The Morgan fingerprint density at radius 3 is 2.04 bits per heavy atom. The fourth-order valence-corrected chi connectivity index (χ4v) is 1.72. The molecule has 0 aromatic rings. The summed E-state index contributed by atoms with van der Waals surface area (Å²) < 4.78 is 0. The van der Waals surface area contributed by atoms with Gasteiger partial charge in [-0.2, -0.15) is 12.6 Å². The molecule has 3 atom stereocenters. The Balaban J connectivity index is 4.78. The molecule has 0 aliphatic heterocycles. The Kier molecular flexibility index (Phi) is 10.2. The van der Waals surface area contributed by atoms with E-state index >= 15 is 0 Å². The molecule has 142 valence electrons. The zero-order chi connectivity index (χ0) is 19.6. The maximum absolute atomic E-state index is 12.0. The molecule has 3 amide bonds. The van der Waals surface area contributed by atoms with Crippen LogP contribution in [0.3, 0.4) is 0 Å². The van der Waals surface area contributed by atoms with Crippen LogP contribution in [0.5, 0.6) is 0 Å². The molecule has 13 heteroatoms. The van der Waals surface area contributed by atoms with Crippen molar-refractivity contribution >= 4 is 42.3 Å². The van der Waals surface area contributed by atoms with Crippen molar-refractivity contribution in [2.75, 3.05) is 18.9 Å². The van der Waals surface area contributed by atoms with Crippen LogP contribution in [0.15, 0.2) is 0 Å². The van der Waals surface area contributed by atoms with Crippen LogP contribution in [0.1, 0.15) is 6.42 Å². The predicted molar refractivity (Wildman–Crippen MR) is 85.7 cm³/mol. The normalized spacial score (nSPS) is 13.9. The second-order valence-corrected chi connectivity index (χ2v) is 5.17. The number of amides is 3. The third-order valence-electron chi connectivity index (χ3n) is 2.78. The van der Waals surface area contributed by atoms with Crippen LogP contribution in [0, 0.1) is 0 Å². The molecule has 0 aromatic carbocycles. The summed E-state index contributed by atoms with van der Waals surface area (Å²) in [6.07, 6.45) is -0.805. The van der Waals surface area contributed by atoms with Crippen molar-refractivity contribution in [1.29, 1.82) is 0 Å². The number of aliphatic carboxylic acids is 2. The lowest BCUT2D eigenvalue weighted by Gasteiger charge is -2.19. The molecule has 0 aromatic heterocycles. The lowest BCUT2D eigenvalue weighted by molar-refractivity contribution is -0.143. The van der Waals surface area contributed by atoms with Gasteiger partial charge in [0.15, 0.2) is 0 Å². The van der Waals surface area contributed by atoms with E-state index in [2.05, 4.69) is 23.3 Å². The molecule has 12 nitrogen and oxygen atoms in total. The average Bonchev–Trinajstić information content (AvgIpc) is 2.54. The summed E-state index contributed by atoms with van der Waals surface area (Å²) in [7, 11) is 0. The number of nitrogens with two attached hydrogens (primary N) is 1. The molecule has 0 saturated carbocycles. The van der Waals surface area contributed by atoms with Crippen LogP contribution < -0.4 is 21.7 Å². The van der Waals surface area contributed by atoms with Gasteiger partial charge in [-0.25, -0.2) is 4.79 Å². The highest BCUT2D eigenvalue weighted by molar-refractivity contribution is 7.80. The lowest BCUT2D eigenvalue weighted by Crippen LogP contribution is -2.54. The van der Waals surface area contributed by atoms with E-state index in [1.54, 1.807) is 0 Å². The lowest BCUT2D eigenvalue weighted by atomic mass is 10.1. The van der Waals surface area contributed by atoms with Crippen molar-refractivity contribution in [3.63, 3.8) is 0 Å². The summed E-state index contributed by atoms with van der Waals surface area (Å²) in [4.78, 5) is 56.6. The van der Waals surface area contributed by atoms with Gasteiger partial charge < -0.3 is 37.0 Å². The summed E-state index contributed by atoms with van der Waals surface area (Å²) in [5, 5.41) is 32.5. The highest BCUT2D eigenvalue weighted by atomic mass is 32.1. The van der Waals surface area contributed by atoms with E-state index in [1.165, 1.54) is 0 Å². The van der Waals surface area contributed by atoms with Crippen molar-refractivity contribution in [2.24, 2.45) is 5.73 Å². The maximum atomic E-state index is 12.0. The molecular weight excluding hydrogens is 360 g/mol. The number of thiol groups is 1. The molecule has 0 fully saturated rings. The van der Waals surface area contributed by atoms with Crippen molar-refractivity contribution in [3.05, 3.63) is 0 Å². The van der Waals surface area contributed by atoms with Crippen LogP contribution in [0.2, 0.25) is 0 Å². The van der Waals surface area contributed by atoms with Crippen molar-refractivity contribution in [1.82, 2.24) is 16.0 Å². The largest absolute Gasteiger partial charge is 0.481 e. The zero-order valence-electron chi connectivity index (χ0n) is 13.0. The first-order chi connectivity index (χ1) is 11.6. The molecule has 0 spiro atoms. The maximum Gasteiger partial charge on any atom is 0.327 e. The monoisotopic (exact) mass is 380 g/mol. The number of carboxylic acids is 2. The Morgan fingerprint density at radius 1 is 1.00 bits per heavy atom. The molecule has 0 heterocycles. The molecule has 0 bridgehead atoms. The number of nitrogens with one attached hydrogen (secondary N) is 3. The van der Waals surface area contributed by atoms with Crippen LogP contribution in [0.25, 0.3) is 0 Å². The van der Waals surface area contributed by atoms with Crippen LogP contribution >= 0.6 is 12.6 Å². The first-order valence-electron chi connectivity index (χ1n) is 6.91. The van der Waals surface area contributed by atoms with E-state index in [9.17, 15) is 24.0 Å². The number of hydrogen-bond acceptors (Lipinski definition) is 8. The highest BCUT2D eigenvalue weighted by Gasteiger charge is 2.27. The van der Waals surface area contributed by atoms with E-state index in [0.29, 0.717) is 0 Å². The molecule has 8 N–H and O–H groups in total. The van der Waals surface area contributed by atoms with E-state index in [4.69, 9.17) is 21.1 Å². The number of carbonyl (C=O) groups excluding carboxylic acids is 3. The fraction of sp³-hybridized carbons (Fsp3) is 0.583. The van der Waals surface area contributed by atoms with Crippen LogP contribution in [-0.2, 0) is 24.0 Å². The summed E-state index contributed by atoms with van der Waals surface area (Å²) in [6.45, 7) is -1.26. The molecule has 3 unspecified atom stereocenters. The molecule has 0 aliphatic carbocycles. The number of rotatable bonds is 11. The number of carboxylic acid groups (broad SMARTS) is 2. The molecule has 0 saturated heterocycles. The predicted octanol–water partition coefficient (Wildman–Crippen LogP) is -4.12.